The minimum absolute atomic E-state index is 0.0675. The fourth-order valence-electron chi connectivity index (χ4n) is 2.50. The molecule has 0 heterocycles. The van der Waals surface area contributed by atoms with Crippen LogP contribution in [0.1, 0.15) is 24.8 Å². The highest BCUT2D eigenvalue weighted by Gasteiger charge is 2.25. The number of nitrogens with one attached hydrogen (secondary N) is 2. The standard InChI is InChI=1S/C14H19N3O4/c1-9-5-6-11(17(20)21)7-12(9)16-14(19)15-8-10-3-2-4-13(10)18/h5-7,10,13,18H,2-4,8H2,1H3,(H2,15,16,19). The number of urea groups is 1. The summed E-state index contributed by atoms with van der Waals surface area (Å²) < 4.78 is 0. The molecule has 0 saturated heterocycles. The van der Waals surface area contributed by atoms with Gasteiger partial charge < -0.3 is 15.7 Å². The number of aliphatic hydroxyl groups excluding tert-OH is 1. The number of nitro groups is 1. The molecule has 1 aliphatic carbocycles. The van der Waals surface area contributed by atoms with E-state index in [4.69, 9.17) is 0 Å². The molecule has 21 heavy (non-hydrogen) atoms. The van der Waals surface area contributed by atoms with Crippen LogP contribution in [0.2, 0.25) is 0 Å². The van der Waals surface area contributed by atoms with E-state index in [1.54, 1.807) is 13.0 Å². The topological polar surface area (TPSA) is 105 Å². The third-order valence-corrected chi connectivity index (χ3v) is 3.82. The Morgan fingerprint density at radius 2 is 2.24 bits per heavy atom. The van der Waals surface area contributed by atoms with Crippen LogP contribution in [0.25, 0.3) is 0 Å². The van der Waals surface area contributed by atoms with Crippen LogP contribution >= 0.6 is 0 Å². The molecule has 2 unspecified atom stereocenters. The molecule has 2 rings (SSSR count). The molecular weight excluding hydrogens is 274 g/mol. The molecule has 3 N–H and O–H groups in total. The second-order valence-electron chi connectivity index (χ2n) is 5.35. The van der Waals surface area contributed by atoms with Crippen molar-refractivity contribution in [3.63, 3.8) is 0 Å². The lowest BCUT2D eigenvalue weighted by atomic mass is 10.1. The highest BCUT2D eigenvalue weighted by Crippen LogP contribution is 2.25. The zero-order valence-electron chi connectivity index (χ0n) is 11.8. The van der Waals surface area contributed by atoms with Crippen LogP contribution in [0.3, 0.4) is 0 Å². The van der Waals surface area contributed by atoms with Gasteiger partial charge in [-0.25, -0.2) is 4.79 Å². The SMILES string of the molecule is Cc1ccc([N+](=O)[O-])cc1NC(=O)NCC1CCCC1O. The van der Waals surface area contributed by atoms with E-state index in [0.717, 1.165) is 24.8 Å². The fraction of sp³-hybridized carbons (Fsp3) is 0.500. The number of benzene rings is 1. The monoisotopic (exact) mass is 293 g/mol. The number of rotatable bonds is 4. The number of nitrogens with zero attached hydrogens (tertiary/aromatic N) is 1. The van der Waals surface area contributed by atoms with Crippen molar-refractivity contribution in [2.75, 3.05) is 11.9 Å². The number of carbonyl (C=O) groups excluding carboxylic acids is 1. The third-order valence-electron chi connectivity index (χ3n) is 3.82. The summed E-state index contributed by atoms with van der Waals surface area (Å²) in [7, 11) is 0. The summed E-state index contributed by atoms with van der Waals surface area (Å²) >= 11 is 0. The van der Waals surface area contributed by atoms with Crippen LogP contribution < -0.4 is 10.6 Å². The lowest BCUT2D eigenvalue weighted by Crippen LogP contribution is -2.35. The van der Waals surface area contributed by atoms with Gasteiger partial charge in [0.15, 0.2) is 0 Å². The predicted molar refractivity (Wildman–Crippen MR) is 78.2 cm³/mol. The maximum absolute atomic E-state index is 11.8. The number of nitro benzene ring substituents is 1. The summed E-state index contributed by atoms with van der Waals surface area (Å²) in [6, 6.07) is 3.90. The molecule has 0 radical (unpaired) electrons. The molecule has 114 valence electrons. The average Bonchev–Trinajstić information content (AvgIpc) is 2.84. The van der Waals surface area contributed by atoms with Crippen LogP contribution in [0.5, 0.6) is 0 Å². The van der Waals surface area contributed by atoms with Gasteiger partial charge >= 0.3 is 6.03 Å². The molecule has 7 nitrogen and oxygen atoms in total. The van der Waals surface area contributed by atoms with E-state index in [2.05, 4.69) is 10.6 Å². The first kappa shape index (κ1) is 15.2. The Bertz CT molecular complexity index is 547. The summed E-state index contributed by atoms with van der Waals surface area (Å²) in [4.78, 5) is 22.1. The highest BCUT2D eigenvalue weighted by molar-refractivity contribution is 5.90. The average molecular weight is 293 g/mol. The summed E-state index contributed by atoms with van der Waals surface area (Å²) in [5, 5.41) is 25.7. The van der Waals surface area contributed by atoms with Gasteiger partial charge in [0.1, 0.15) is 0 Å². The van der Waals surface area contributed by atoms with Crippen LogP contribution in [0, 0.1) is 23.0 Å². The lowest BCUT2D eigenvalue weighted by Gasteiger charge is -2.16. The van der Waals surface area contributed by atoms with Crippen molar-refractivity contribution >= 4 is 17.4 Å². The number of anilines is 1. The number of amides is 2. The number of non-ortho nitro benzene ring substituents is 1. The molecule has 1 aliphatic rings. The van der Waals surface area contributed by atoms with Crippen molar-refractivity contribution in [1.29, 1.82) is 0 Å². The Balaban J connectivity index is 1.93. The zero-order chi connectivity index (χ0) is 15.4. The smallest absolute Gasteiger partial charge is 0.319 e. The first-order valence-corrected chi connectivity index (χ1v) is 6.95. The Morgan fingerprint density at radius 1 is 1.48 bits per heavy atom. The van der Waals surface area contributed by atoms with Gasteiger partial charge in [-0.15, -0.1) is 0 Å². The number of aliphatic hydroxyl groups is 1. The van der Waals surface area contributed by atoms with Crippen LogP contribution in [-0.2, 0) is 0 Å². The lowest BCUT2D eigenvalue weighted by molar-refractivity contribution is -0.384. The van der Waals surface area contributed by atoms with Gasteiger partial charge in [-0.1, -0.05) is 12.5 Å². The second kappa shape index (κ2) is 6.53. The molecule has 0 bridgehead atoms. The normalized spacial score (nSPS) is 21.0. The van der Waals surface area contributed by atoms with Gasteiger partial charge in [-0.05, 0) is 25.3 Å². The van der Waals surface area contributed by atoms with Gasteiger partial charge in [-0.3, -0.25) is 10.1 Å². The summed E-state index contributed by atoms with van der Waals surface area (Å²) in [5.74, 6) is 0.0851. The number of hydrogen-bond acceptors (Lipinski definition) is 4. The molecule has 2 amide bonds. The van der Waals surface area contributed by atoms with Crippen molar-refractivity contribution in [1.82, 2.24) is 5.32 Å². The van der Waals surface area contributed by atoms with Crippen molar-refractivity contribution in [2.24, 2.45) is 5.92 Å². The second-order valence-corrected chi connectivity index (χ2v) is 5.35. The van der Waals surface area contributed by atoms with E-state index in [1.807, 2.05) is 0 Å². The van der Waals surface area contributed by atoms with E-state index in [9.17, 15) is 20.0 Å². The number of carbonyl (C=O) groups is 1. The third kappa shape index (κ3) is 3.91. The van der Waals surface area contributed by atoms with Crippen molar-refractivity contribution < 1.29 is 14.8 Å². The minimum Gasteiger partial charge on any atom is -0.393 e. The van der Waals surface area contributed by atoms with Crippen molar-refractivity contribution in [3.05, 3.63) is 33.9 Å². The van der Waals surface area contributed by atoms with Gasteiger partial charge in [-0.2, -0.15) is 0 Å². The molecule has 0 spiro atoms. The van der Waals surface area contributed by atoms with Crippen molar-refractivity contribution in [3.8, 4) is 0 Å². The molecule has 1 aromatic rings. The molecule has 2 atom stereocenters. The molecule has 1 fully saturated rings. The Labute approximate surface area is 122 Å². The first-order valence-electron chi connectivity index (χ1n) is 6.95. The predicted octanol–water partition coefficient (Wildman–Crippen LogP) is 2.19. The molecule has 1 aromatic carbocycles. The van der Waals surface area contributed by atoms with Gasteiger partial charge in [0.25, 0.3) is 5.69 Å². The van der Waals surface area contributed by atoms with Gasteiger partial charge in [0.05, 0.1) is 16.7 Å². The Kier molecular flexibility index (Phi) is 4.74. The van der Waals surface area contributed by atoms with Crippen LogP contribution in [0.15, 0.2) is 18.2 Å². The van der Waals surface area contributed by atoms with E-state index in [-0.39, 0.29) is 17.7 Å². The van der Waals surface area contributed by atoms with Crippen LogP contribution in [-0.4, -0.2) is 28.7 Å². The zero-order valence-corrected chi connectivity index (χ0v) is 11.8. The van der Waals surface area contributed by atoms with E-state index >= 15 is 0 Å². The summed E-state index contributed by atoms with van der Waals surface area (Å²) in [6.07, 6.45) is 2.29. The molecule has 7 heteroatoms. The van der Waals surface area contributed by atoms with E-state index in [0.29, 0.717) is 12.2 Å². The van der Waals surface area contributed by atoms with Crippen LogP contribution in [0.4, 0.5) is 16.2 Å². The minimum atomic E-state index is -0.503. The molecule has 0 aromatic heterocycles. The van der Waals surface area contributed by atoms with Gasteiger partial charge in [0.2, 0.25) is 0 Å². The maximum Gasteiger partial charge on any atom is 0.319 e. The molecule has 1 saturated carbocycles. The summed E-state index contributed by atoms with van der Waals surface area (Å²) in [6.45, 7) is 2.17. The van der Waals surface area contributed by atoms with Gasteiger partial charge in [0, 0.05) is 24.6 Å². The van der Waals surface area contributed by atoms with Crippen molar-refractivity contribution in [2.45, 2.75) is 32.3 Å². The van der Waals surface area contributed by atoms with E-state index < -0.39 is 11.0 Å². The number of hydrogen-bond donors (Lipinski definition) is 3. The Morgan fingerprint density at radius 3 is 2.86 bits per heavy atom. The largest absolute Gasteiger partial charge is 0.393 e. The molecule has 0 aliphatic heterocycles. The fourth-order valence-corrected chi connectivity index (χ4v) is 2.50. The first-order chi connectivity index (χ1) is 9.97. The summed E-state index contributed by atoms with van der Waals surface area (Å²) in [5.41, 5.74) is 1.09. The highest BCUT2D eigenvalue weighted by atomic mass is 16.6. The Hall–Kier alpha value is -2.15. The molecular formula is C14H19N3O4. The maximum atomic E-state index is 11.8. The van der Waals surface area contributed by atoms with E-state index in [1.165, 1.54) is 12.1 Å². The quantitative estimate of drug-likeness (QED) is 0.584. The number of aryl methyl sites for hydroxylation is 1.